The Kier molecular flexibility index (Phi) is 7.17. The fourth-order valence-electron chi connectivity index (χ4n) is 8.36. The molecule has 0 unspecified atom stereocenters. The minimum atomic E-state index is 0.867. The van der Waals surface area contributed by atoms with Crippen molar-refractivity contribution in [3.8, 4) is 27.9 Å². The van der Waals surface area contributed by atoms with Crippen LogP contribution in [0.1, 0.15) is 0 Å². The lowest BCUT2D eigenvalue weighted by Crippen LogP contribution is -2.10. The van der Waals surface area contributed by atoms with E-state index in [-0.39, 0.29) is 0 Å². The van der Waals surface area contributed by atoms with E-state index >= 15 is 0 Å². The fourth-order valence-corrected chi connectivity index (χ4v) is 8.36. The number of furan rings is 1. The Bertz CT molecular complexity index is 3150. The van der Waals surface area contributed by atoms with Gasteiger partial charge in [0.05, 0.1) is 11.0 Å². The van der Waals surface area contributed by atoms with Crippen molar-refractivity contribution in [1.29, 1.82) is 0 Å². The Morgan fingerprint density at radius 2 is 0.927 bits per heavy atom. The molecule has 0 saturated carbocycles. The first-order valence-electron chi connectivity index (χ1n) is 18.8. The predicted molar refractivity (Wildman–Crippen MR) is 231 cm³/mol. The van der Waals surface area contributed by atoms with Crippen molar-refractivity contribution in [1.82, 2.24) is 4.57 Å². The molecule has 0 aliphatic heterocycles. The second-order valence-electron chi connectivity index (χ2n) is 14.2. The molecule has 11 aromatic rings. The van der Waals surface area contributed by atoms with Gasteiger partial charge < -0.3 is 13.9 Å². The zero-order chi connectivity index (χ0) is 36.3. The molecule has 0 atom stereocenters. The first-order chi connectivity index (χ1) is 27.3. The van der Waals surface area contributed by atoms with Crippen LogP contribution >= 0.6 is 0 Å². The maximum Gasteiger partial charge on any atom is 0.143 e. The molecule has 2 aromatic heterocycles. The quantitative estimate of drug-likeness (QED) is 0.172. The van der Waals surface area contributed by atoms with Crippen LogP contribution in [0.3, 0.4) is 0 Å². The average molecular weight is 703 g/mol. The minimum Gasteiger partial charge on any atom is -0.455 e. The molecule has 0 amide bonds. The Hall–Kier alpha value is -7.36. The summed E-state index contributed by atoms with van der Waals surface area (Å²) in [7, 11) is 0. The topological polar surface area (TPSA) is 21.3 Å². The zero-order valence-corrected chi connectivity index (χ0v) is 29.9. The van der Waals surface area contributed by atoms with Crippen LogP contribution in [0.15, 0.2) is 211 Å². The Balaban J connectivity index is 1.03. The third-order valence-corrected chi connectivity index (χ3v) is 11.0. The van der Waals surface area contributed by atoms with Gasteiger partial charge in [-0.05, 0) is 94.4 Å². The molecule has 55 heavy (non-hydrogen) atoms. The average Bonchev–Trinajstić information content (AvgIpc) is 3.80. The summed E-state index contributed by atoms with van der Waals surface area (Å²) in [4.78, 5) is 2.33. The van der Waals surface area contributed by atoms with E-state index in [1.54, 1.807) is 0 Å². The number of benzene rings is 9. The highest BCUT2D eigenvalue weighted by atomic mass is 16.3. The molecular formula is C52H34N2O. The van der Waals surface area contributed by atoms with E-state index in [4.69, 9.17) is 4.42 Å². The molecule has 9 aromatic carbocycles. The van der Waals surface area contributed by atoms with E-state index < -0.39 is 0 Å². The summed E-state index contributed by atoms with van der Waals surface area (Å²) in [5.74, 6) is 0. The predicted octanol–water partition coefficient (Wildman–Crippen LogP) is 14.6. The van der Waals surface area contributed by atoms with Crippen LogP contribution in [0.4, 0.5) is 17.1 Å². The van der Waals surface area contributed by atoms with E-state index in [9.17, 15) is 0 Å². The van der Waals surface area contributed by atoms with Gasteiger partial charge in [-0.2, -0.15) is 0 Å². The molecule has 0 bridgehead atoms. The molecule has 0 radical (unpaired) electrons. The second kappa shape index (κ2) is 12.6. The minimum absolute atomic E-state index is 0.867. The van der Waals surface area contributed by atoms with Gasteiger partial charge in [-0.3, -0.25) is 0 Å². The largest absolute Gasteiger partial charge is 0.455 e. The molecule has 11 rings (SSSR count). The van der Waals surface area contributed by atoms with Crippen molar-refractivity contribution in [2.45, 2.75) is 0 Å². The number of hydrogen-bond donors (Lipinski definition) is 0. The number of fused-ring (bicyclic) bond motifs is 8. The van der Waals surface area contributed by atoms with Crippen molar-refractivity contribution >= 4 is 71.6 Å². The molecule has 3 heteroatoms. The van der Waals surface area contributed by atoms with Gasteiger partial charge in [-0.1, -0.05) is 133 Å². The summed E-state index contributed by atoms with van der Waals surface area (Å²) < 4.78 is 9.04. The van der Waals surface area contributed by atoms with Gasteiger partial charge >= 0.3 is 0 Å². The highest BCUT2D eigenvalue weighted by molar-refractivity contribution is 6.15. The van der Waals surface area contributed by atoms with E-state index in [1.807, 2.05) is 0 Å². The SMILES string of the molecule is c1ccc(-c2cccc(N(c3ccc(-c4cccc(-n5c6ccccc6c6ccccc65)c4)cc3)c3ccc4c(c3)oc3c5ccccc5ccc43)c2)cc1. The lowest BCUT2D eigenvalue weighted by molar-refractivity contribution is 0.672. The lowest BCUT2D eigenvalue weighted by Gasteiger charge is -2.26. The maximum absolute atomic E-state index is 6.66. The number of rotatable bonds is 6. The van der Waals surface area contributed by atoms with Gasteiger partial charge in [0, 0.05) is 55.7 Å². The van der Waals surface area contributed by atoms with Gasteiger partial charge in [0.15, 0.2) is 0 Å². The number of anilines is 3. The molecule has 0 aliphatic rings. The smallest absolute Gasteiger partial charge is 0.143 e. The van der Waals surface area contributed by atoms with Crippen LogP contribution in [0.25, 0.3) is 82.5 Å². The van der Waals surface area contributed by atoms with Crippen LogP contribution in [-0.2, 0) is 0 Å². The van der Waals surface area contributed by atoms with Crippen LogP contribution in [0.5, 0.6) is 0 Å². The molecular weight excluding hydrogens is 669 g/mol. The molecule has 0 aliphatic carbocycles. The van der Waals surface area contributed by atoms with Crippen molar-refractivity contribution in [3.05, 3.63) is 206 Å². The molecule has 0 N–H and O–H groups in total. The van der Waals surface area contributed by atoms with Gasteiger partial charge in [-0.15, -0.1) is 0 Å². The first kappa shape index (κ1) is 31.2. The van der Waals surface area contributed by atoms with Gasteiger partial charge in [0.1, 0.15) is 11.2 Å². The third kappa shape index (κ3) is 5.20. The monoisotopic (exact) mass is 702 g/mol. The van der Waals surface area contributed by atoms with Crippen molar-refractivity contribution < 1.29 is 4.42 Å². The van der Waals surface area contributed by atoms with Crippen molar-refractivity contribution in [3.63, 3.8) is 0 Å². The highest BCUT2D eigenvalue weighted by Gasteiger charge is 2.18. The Labute approximate surface area is 318 Å². The number of para-hydroxylation sites is 2. The number of nitrogens with zero attached hydrogens (tertiary/aromatic N) is 2. The van der Waals surface area contributed by atoms with Crippen molar-refractivity contribution in [2.24, 2.45) is 0 Å². The van der Waals surface area contributed by atoms with Crippen LogP contribution < -0.4 is 4.90 Å². The molecule has 0 fully saturated rings. The fraction of sp³-hybridized carbons (Fsp3) is 0. The van der Waals surface area contributed by atoms with E-state index in [1.165, 1.54) is 38.3 Å². The normalized spacial score (nSPS) is 11.6. The Morgan fingerprint density at radius 1 is 0.345 bits per heavy atom. The number of aromatic nitrogens is 1. The second-order valence-corrected chi connectivity index (χ2v) is 14.2. The first-order valence-corrected chi connectivity index (χ1v) is 18.8. The molecule has 2 heterocycles. The summed E-state index contributed by atoms with van der Waals surface area (Å²) in [5.41, 5.74) is 13.2. The van der Waals surface area contributed by atoms with Gasteiger partial charge in [-0.25, -0.2) is 0 Å². The summed E-state index contributed by atoms with van der Waals surface area (Å²) in [6.07, 6.45) is 0. The zero-order valence-electron chi connectivity index (χ0n) is 29.9. The lowest BCUT2D eigenvalue weighted by atomic mass is 10.0. The van der Waals surface area contributed by atoms with Crippen LogP contribution in [0, 0.1) is 0 Å². The van der Waals surface area contributed by atoms with Crippen molar-refractivity contribution in [2.75, 3.05) is 4.90 Å². The van der Waals surface area contributed by atoms with E-state index in [0.717, 1.165) is 61.2 Å². The summed E-state index contributed by atoms with van der Waals surface area (Å²) in [6, 6.07) is 73.9. The third-order valence-electron chi connectivity index (χ3n) is 11.0. The Morgan fingerprint density at radius 3 is 1.71 bits per heavy atom. The highest BCUT2D eigenvalue weighted by Crippen LogP contribution is 2.42. The standard InChI is InChI=1S/C52H34N2O/c1-2-12-35(13-3-1)38-15-10-17-41(32-38)53(43-29-31-47-48-30-26-37-14-4-5-19-44(37)52(48)55-51(47)34-43)40-27-24-36(25-28-40)39-16-11-18-42(33-39)54-49-22-8-6-20-45(49)46-21-7-9-23-50(46)54/h1-34H. The summed E-state index contributed by atoms with van der Waals surface area (Å²) in [5, 5.41) is 7.07. The van der Waals surface area contributed by atoms with Gasteiger partial charge in [0.2, 0.25) is 0 Å². The van der Waals surface area contributed by atoms with Crippen LogP contribution in [0.2, 0.25) is 0 Å². The maximum atomic E-state index is 6.66. The summed E-state index contributed by atoms with van der Waals surface area (Å²) >= 11 is 0. The molecule has 3 nitrogen and oxygen atoms in total. The number of hydrogen-bond acceptors (Lipinski definition) is 2. The van der Waals surface area contributed by atoms with E-state index in [2.05, 4.69) is 216 Å². The molecule has 0 spiro atoms. The van der Waals surface area contributed by atoms with E-state index in [0.29, 0.717) is 0 Å². The van der Waals surface area contributed by atoms with Gasteiger partial charge in [0.25, 0.3) is 0 Å². The molecule has 258 valence electrons. The molecule has 0 saturated heterocycles. The van der Waals surface area contributed by atoms with Crippen LogP contribution in [-0.4, -0.2) is 4.57 Å². The summed E-state index contributed by atoms with van der Waals surface area (Å²) in [6.45, 7) is 0.